The molecule has 2 aromatic rings. The van der Waals surface area contributed by atoms with E-state index in [0.29, 0.717) is 16.7 Å². The molecule has 0 saturated heterocycles. The molecule has 1 heterocycles. The first-order valence-corrected chi connectivity index (χ1v) is 5.62. The van der Waals surface area contributed by atoms with Crippen molar-refractivity contribution in [2.24, 2.45) is 5.73 Å². The van der Waals surface area contributed by atoms with Crippen molar-refractivity contribution < 1.29 is 9.32 Å². The topological polar surface area (TPSA) is 94.0 Å². The lowest BCUT2D eigenvalue weighted by Gasteiger charge is -1.97. The monoisotopic (exact) mass is 266 g/mol. The van der Waals surface area contributed by atoms with E-state index < -0.39 is 0 Å². The second-order valence-corrected chi connectivity index (χ2v) is 3.94. The molecule has 0 radical (unpaired) electrons. The molecule has 0 atom stereocenters. The van der Waals surface area contributed by atoms with E-state index in [4.69, 9.17) is 21.9 Å². The number of nitrogens with zero attached hydrogens (tertiary/aromatic N) is 2. The van der Waals surface area contributed by atoms with E-state index in [1.807, 2.05) is 0 Å². The summed E-state index contributed by atoms with van der Waals surface area (Å²) in [5, 5.41) is 6.99. The van der Waals surface area contributed by atoms with Crippen LogP contribution < -0.4 is 11.1 Å². The van der Waals surface area contributed by atoms with Gasteiger partial charge >= 0.3 is 0 Å². The second kappa shape index (κ2) is 5.61. The normalized spacial score (nSPS) is 10.3. The number of benzene rings is 1. The quantitative estimate of drug-likeness (QED) is 0.860. The minimum Gasteiger partial charge on any atom is -0.346 e. The lowest BCUT2D eigenvalue weighted by Crippen LogP contribution is -2.29. The third-order valence-corrected chi connectivity index (χ3v) is 2.44. The largest absolute Gasteiger partial charge is 0.346 e. The Morgan fingerprint density at radius 1 is 1.39 bits per heavy atom. The van der Waals surface area contributed by atoms with Crippen LogP contribution in [0.1, 0.15) is 5.89 Å². The van der Waals surface area contributed by atoms with Crippen molar-refractivity contribution in [3.05, 3.63) is 35.2 Å². The number of rotatable bonds is 4. The highest BCUT2D eigenvalue weighted by molar-refractivity contribution is 6.30. The molecule has 1 amide bonds. The van der Waals surface area contributed by atoms with Crippen molar-refractivity contribution in [2.75, 3.05) is 6.54 Å². The Morgan fingerprint density at radius 3 is 2.78 bits per heavy atom. The Kier molecular flexibility index (Phi) is 3.91. The van der Waals surface area contributed by atoms with Gasteiger partial charge in [-0.2, -0.15) is 4.98 Å². The van der Waals surface area contributed by atoms with Gasteiger partial charge in [0.05, 0.1) is 13.1 Å². The Balaban J connectivity index is 2.06. The maximum atomic E-state index is 11.0. The van der Waals surface area contributed by atoms with Gasteiger partial charge in [-0.25, -0.2) is 0 Å². The minimum absolute atomic E-state index is 0.0713. The van der Waals surface area contributed by atoms with Gasteiger partial charge in [-0.15, -0.1) is 0 Å². The summed E-state index contributed by atoms with van der Waals surface area (Å²) in [5.74, 6) is 0.492. The van der Waals surface area contributed by atoms with Gasteiger partial charge < -0.3 is 15.6 Å². The highest BCUT2D eigenvalue weighted by Crippen LogP contribution is 2.18. The maximum absolute atomic E-state index is 11.0. The Hall–Kier alpha value is -1.92. The number of nitrogens with two attached hydrogens (primary N) is 1. The summed E-state index contributed by atoms with van der Waals surface area (Å²) in [7, 11) is 0. The zero-order valence-electron chi connectivity index (χ0n) is 9.39. The molecule has 0 fully saturated rings. The molecule has 3 N–H and O–H groups in total. The molecule has 18 heavy (non-hydrogen) atoms. The van der Waals surface area contributed by atoms with E-state index in [1.165, 1.54) is 0 Å². The molecule has 7 heteroatoms. The molecule has 0 bridgehead atoms. The fraction of sp³-hybridized carbons (Fsp3) is 0.182. The Morgan fingerprint density at radius 2 is 2.11 bits per heavy atom. The number of halogens is 1. The van der Waals surface area contributed by atoms with Crippen molar-refractivity contribution in [1.29, 1.82) is 0 Å². The van der Waals surface area contributed by atoms with Crippen LogP contribution in [0, 0.1) is 0 Å². The van der Waals surface area contributed by atoms with Gasteiger partial charge in [-0.3, -0.25) is 4.79 Å². The van der Waals surface area contributed by atoms with Crippen LogP contribution in [-0.2, 0) is 11.3 Å². The van der Waals surface area contributed by atoms with Crippen LogP contribution in [0.5, 0.6) is 0 Å². The molecule has 0 aliphatic rings. The molecule has 0 aliphatic heterocycles. The SMILES string of the molecule is NCC(=O)NCc1nc(-c2ccc(Cl)cc2)no1. The Bertz CT molecular complexity index is 538. The summed E-state index contributed by atoms with van der Waals surface area (Å²) < 4.78 is 4.99. The first-order chi connectivity index (χ1) is 8.69. The average molecular weight is 267 g/mol. The first kappa shape index (κ1) is 12.5. The molecule has 0 aliphatic carbocycles. The smallest absolute Gasteiger partial charge is 0.246 e. The molecule has 0 spiro atoms. The minimum atomic E-state index is -0.277. The van der Waals surface area contributed by atoms with E-state index >= 15 is 0 Å². The van der Waals surface area contributed by atoms with Crippen molar-refractivity contribution in [1.82, 2.24) is 15.5 Å². The van der Waals surface area contributed by atoms with Crippen LogP contribution in [0.4, 0.5) is 0 Å². The lowest BCUT2D eigenvalue weighted by molar-refractivity contribution is -0.120. The number of carbonyl (C=O) groups excluding carboxylic acids is 1. The molecule has 2 rings (SSSR count). The van der Waals surface area contributed by atoms with Crippen LogP contribution >= 0.6 is 11.6 Å². The predicted octanol–water partition coefficient (Wildman–Crippen LogP) is 0.965. The highest BCUT2D eigenvalue weighted by atomic mass is 35.5. The molecule has 6 nitrogen and oxygen atoms in total. The zero-order chi connectivity index (χ0) is 13.0. The summed E-state index contributed by atoms with van der Waals surface area (Å²) in [6.45, 7) is 0.0921. The van der Waals surface area contributed by atoms with E-state index in [9.17, 15) is 4.79 Å². The number of hydrogen-bond donors (Lipinski definition) is 2. The first-order valence-electron chi connectivity index (χ1n) is 5.24. The molecule has 0 unspecified atom stereocenters. The fourth-order valence-electron chi connectivity index (χ4n) is 1.29. The summed E-state index contributed by atoms with van der Waals surface area (Å²) in [5.41, 5.74) is 5.95. The standard InChI is InChI=1S/C11H11ClN4O2/c12-8-3-1-7(2-4-8)11-15-10(18-16-11)6-14-9(17)5-13/h1-4H,5-6,13H2,(H,14,17). The Labute approximate surface area is 108 Å². The summed E-state index contributed by atoms with van der Waals surface area (Å²) in [4.78, 5) is 15.1. The van der Waals surface area contributed by atoms with Gasteiger partial charge in [-0.1, -0.05) is 16.8 Å². The number of aromatic nitrogens is 2. The van der Waals surface area contributed by atoms with Crippen LogP contribution in [0.15, 0.2) is 28.8 Å². The fourth-order valence-corrected chi connectivity index (χ4v) is 1.42. The molecule has 1 aromatic heterocycles. The van der Waals surface area contributed by atoms with Gasteiger partial charge in [0.15, 0.2) is 0 Å². The predicted molar refractivity (Wildman–Crippen MR) is 65.6 cm³/mol. The molecular weight excluding hydrogens is 256 g/mol. The summed E-state index contributed by atoms with van der Waals surface area (Å²) >= 11 is 5.78. The third kappa shape index (κ3) is 3.06. The van der Waals surface area contributed by atoms with Crippen molar-refractivity contribution in [3.63, 3.8) is 0 Å². The average Bonchev–Trinajstić information content (AvgIpc) is 2.85. The van der Waals surface area contributed by atoms with Crippen LogP contribution in [0.3, 0.4) is 0 Å². The molecule has 94 valence electrons. The van der Waals surface area contributed by atoms with E-state index in [-0.39, 0.29) is 19.0 Å². The van der Waals surface area contributed by atoms with Crippen molar-refractivity contribution in [2.45, 2.75) is 6.54 Å². The van der Waals surface area contributed by atoms with E-state index in [1.54, 1.807) is 24.3 Å². The number of carbonyl (C=O) groups is 1. The molecule has 1 aromatic carbocycles. The maximum Gasteiger partial charge on any atom is 0.246 e. The number of hydrogen-bond acceptors (Lipinski definition) is 5. The van der Waals surface area contributed by atoms with Gasteiger partial charge in [0.2, 0.25) is 17.6 Å². The van der Waals surface area contributed by atoms with Crippen molar-refractivity contribution >= 4 is 17.5 Å². The highest BCUT2D eigenvalue weighted by Gasteiger charge is 2.09. The van der Waals surface area contributed by atoms with Crippen LogP contribution in [0.2, 0.25) is 5.02 Å². The molecular formula is C11H11ClN4O2. The van der Waals surface area contributed by atoms with Gasteiger partial charge in [0, 0.05) is 10.6 Å². The second-order valence-electron chi connectivity index (χ2n) is 3.50. The van der Waals surface area contributed by atoms with Crippen LogP contribution in [0.25, 0.3) is 11.4 Å². The third-order valence-electron chi connectivity index (χ3n) is 2.19. The van der Waals surface area contributed by atoms with Gasteiger partial charge in [0.1, 0.15) is 0 Å². The zero-order valence-corrected chi connectivity index (χ0v) is 10.1. The van der Waals surface area contributed by atoms with Crippen LogP contribution in [-0.4, -0.2) is 22.6 Å². The number of nitrogens with one attached hydrogen (secondary N) is 1. The van der Waals surface area contributed by atoms with E-state index in [0.717, 1.165) is 5.56 Å². The summed E-state index contributed by atoms with van der Waals surface area (Å²) in [6, 6.07) is 7.05. The molecule has 0 saturated carbocycles. The summed E-state index contributed by atoms with van der Waals surface area (Å²) in [6.07, 6.45) is 0. The lowest BCUT2D eigenvalue weighted by atomic mass is 10.2. The van der Waals surface area contributed by atoms with Crippen molar-refractivity contribution in [3.8, 4) is 11.4 Å². The van der Waals surface area contributed by atoms with Gasteiger partial charge in [-0.05, 0) is 24.3 Å². The van der Waals surface area contributed by atoms with E-state index in [2.05, 4.69) is 15.5 Å². The van der Waals surface area contributed by atoms with Gasteiger partial charge in [0.25, 0.3) is 0 Å². The number of amides is 1.